The van der Waals surface area contributed by atoms with Crippen LogP contribution in [0.1, 0.15) is 44.9 Å². The zero-order valence-electron chi connectivity index (χ0n) is 9.76. The molecule has 0 amide bonds. The molecule has 1 fully saturated rings. The monoisotopic (exact) mass is 242 g/mol. The van der Waals surface area contributed by atoms with Gasteiger partial charge in [0.1, 0.15) is 0 Å². The summed E-state index contributed by atoms with van der Waals surface area (Å²) in [5, 5.41) is 8.14. The van der Waals surface area contributed by atoms with Crippen molar-refractivity contribution in [1.82, 2.24) is 0 Å². The standard InChI is InChI=1S/C6H8O5.C6H10/c7-4-2-1-3-5(10-4)11-6(8)9;1-2-4-6-5-3-1/h5H,1-3H2,(H,8,9);1-2H,3-6H2. The molecule has 2 rings (SSSR count). The van der Waals surface area contributed by atoms with Crippen LogP contribution in [-0.4, -0.2) is 23.5 Å². The Hall–Kier alpha value is -1.52. The van der Waals surface area contributed by atoms with Crippen molar-refractivity contribution in [1.29, 1.82) is 0 Å². The van der Waals surface area contributed by atoms with Gasteiger partial charge in [0.05, 0.1) is 0 Å². The molecule has 0 radical (unpaired) electrons. The fourth-order valence-electron chi connectivity index (χ4n) is 1.63. The fraction of sp³-hybridized carbons (Fsp3) is 0.667. The Morgan fingerprint density at radius 3 is 2.35 bits per heavy atom. The molecule has 96 valence electrons. The van der Waals surface area contributed by atoms with Gasteiger partial charge in [-0.2, -0.15) is 0 Å². The van der Waals surface area contributed by atoms with Crippen molar-refractivity contribution in [3.05, 3.63) is 12.2 Å². The number of carbonyl (C=O) groups excluding carboxylic acids is 1. The van der Waals surface area contributed by atoms with Gasteiger partial charge in [0, 0.05) is 12.8 Å². The molecule has 0 bridgehead atoms. The van der Waals surface area contributed by atoms with Gasteiger partial charge in [-0.1, -0.05) is 12.2 Å². The Labute approximate surface area is 100 Å². The number of ether oxygens (including phenoxy) is 2. The molecule has 5 heteroatoms. The molecular weight excluding hydrogens is 224 g/mol. The number of esters is 1. The predicted molar refractivity (Wildman–Crippen MR) is 60.4 cm³/mol. The molecule has 1 unspecified atom stereocenters. The van der Waals surface area contributed by atoms with Crippen molar-refractivity contribution in [2.24, 2.45) is 0 Å². The number of carbonyl (C=O) groups is 2. The van der Waals surface area contributed by atoms with Gasteiger partial charge in [0.25, 0.3) is 6.29 Å². The second-order valence-corrected chi connectivity index (χ2v) is 3.95. The van der Waals surface area contributed by atoms with E-state index in [4.69, 9.17) is 5.11 Å². The van der Waals surface area contributed by atoms with Gasteiger partial charge in [-0.25, -0.2) is 4.79 Å². The van der Waals surface area contributed by atoms with Crippen LogP contribution in [0.5, 0.6) is 0 Å². The van der Waals surface area contributed by atoms with E-state index in [1.807, 2.05) is 0 Å². The zero-order chi connectivity index (χ0) is 12.5. The summed E-state index contributed by atoms with van der Waals surface area (Å²) in [6.45, 7) is 0. The highest BCUT2D eigenvalue weighted by Gasteiger charge is 2.23. The summed E-state index contributed by atoms with van der Waals surface area (Å²) in [5.74, 6) is -0.400. The zero-order valence-corrected chi connectivity index (χ0v) is 9.76. The molecule has 1 atom stereocenters. The molecule has 1 saturated heterocycles. The third kappa shape index (κ3) is 6.60. The van der Waals surface area contributed by atoms with Crippen molar-refractivity contribution in [2.75, 3.05) is 0 Å². The minimum atomic E-state index is -1.41. The highest BCUT2D eigenvalue weighted by Crippen LogP contribution is 2.14. The first-order valence-corrected chi connectivity index (χ1v) is 5.92. The van der Waals surface area contributed by atoms with Crippen LogP contribution in [0, 0.1) is 0 Å². The Kier molecular flexibility index (Phi) is 6.14. The number of carboxylic acid groups (broad SMARTS) is 1. The lowest BCUT2D eigenvalue weighted by atomic mass is 10.1. The molecule has 1 aliphatic carbocycles. The van der Waals surface area contributed by atoms with Gasteiger partial charge in [-0.3, -0.25) is 4.79 Å². The number of rotatable bonds is 1. The van der Waals surface area contributed by atoms with E-state index in [2.05, 4.69) is 21.6 Å². The maximum atomic E-state index is 10.6. The number of hydrogen-bond donors (Lipinski definition) is 1. The normalized spacial score (nSPS) is 23.1. The second-order valence-electron chi connectivity index (χ2n) is 3.95. The summed E-state index contributed by atoms with van der Waals surface area (Å²) < 4.78 is 8.79. The average molecular weight is 242 g/mol. The second kappa shape index (κ2) is 7.70. The predicted octanol–water partition coefficient (Wildman–Crippen LogP) is 2.85. The van der Waals surface area contributed by atoms with E-state index in [-0.39, 0.29) is 0 Å². The summed E-state index contributed by atoms with van der Waals surface area (Å²) >= 11 is 0. The summed E-state index contributed by atoms with van der Waals surface area (Å²) in [5.41, 5.74) is 0. The van der Waals surface area contributed by atoms with E-state index in [0.29, 0.717) is 19.3 Å². The van der Waals surface area contributed by atoms with Gasteiger partial charge < -0.3 is 14.6 Å². The highest BCUT2D eigenvalue weighted by atomic mass is 16.8. The topological polar surface area (TPSA) is 72.8 Å². The van der Waals surface area contributed by atoms with Crippen LogP contribution in [0.4, 0.5) is 4.79 Å². The number of hydrogen-bond acceptors (Lipinski definition) is 4. The number of cyclic esters (lactones) is 1. The van der Waals surface area contributed by atoms with Crippen molar-refractivity contribution < 1.29 is 24.2 Å². The maximum absolute atomic E-state index is 10.6. The van der Waals surface area contributed by atoms with Crippen molar-refractivity contribution in [2.45, 2.75) is 51.2 Å². The minimum Gasteiger partial charge on any atom is -0.450 e. The maximum Gasteiger partial charge on any atom is 0.508 e. The van der Waals surface area contributed by atoms with Crippen molar-refractivity contribution >= 4 is 12.1 Å². The first-order valence-electron chi connectivity index (χ1n) is 5.92. The van der Waals surface area contributed by atoms with E-state index in [1.165, 1.54) is 25.7 Å². The summed E-state index contributed by atoms with van der Waals surface area (Å²) in [4.78, 5) is 20.5. The lowest BCUT2D eigenvalue weighted by Gasteiger charge is -2.20. The van der Waals surface area contributed by atoms with E-state index in [9.17, 15) is 9.59 Å². The van der Waals surface area contributed by atoms with Gasteiger partial charge >= 0.3 is 12.1 Å². The van der Waals surface area contributed by atoms with Crippen molar-refractivity contribution in [3.8, 4) is 0 Å². The van der Waals surface area contributed by atoms with Gasteiger partial charge in [0.15, 0.2) is 0 Å². The third-order valence-corrected chi connectivity index (χ3v) is 2.47. The lowest BCUT2D eigenvalue weighted by molar-refractivity contribution is -0.178. The first-order chi connectivity index (χ1) is 8.18. The molecule has 17 heavy (non-hydrogen) atoms. The van der Waals surface area contributed by atoms with Gasteiger partial charge in [0.2, 0.25) is 0 Å². The smallest absolute Gasteiger partial charge is 0.450 e. The van der Waals surface area contributed by atoms with E-state index >= 15 is 0 Å². The molecule has 1 N–H and O–H groups in total. The molecule has 0 spiro atoms. The molecule has 0 saturated carbocycles. The molecule has 0 aromatic rings. The average Bonchev–Trinajstić information content (AvgIpc) is 2.31. The third-order valence-electron chi connectivity index (χ3n) is 2.47. The SMILES string of the molecule is C1=CCCCC1.O=C(O)OC1CCCC(=O)O1. The summed E-state index contributed by atoms with van der Waals surface area (Å²) in [7, 11) is 0. The van der Waals surface area contributed by atoms with Gasteiger partial charge in [-0.15, -0.1) is 0 Å². The molecule has 1 aliphatic heterocycles. The Balaban J connectivity index is 0.000000202. The largest absolute Gasteiger partial charge is 0.508 e. The lowest BCUT2D eigenvalue weighted by Crippen LogP contribution is -2.27. The Bertz CT molecular complexity index is 275. The minimum absolute atomic E-state index is 0.347. The van der Waals surface area contributed by atoms with Crippen LogP contribution < -0.4 is 0 Å². The molecule has 0 aromatic heterocycles. The van der Waals surface area contributed by atoms with E-state index < -0.39 is 18.4 Å². The molecule has 1 heterocycles. The van der Waals surface area contributed by atoms with Crippen LogP contribution in [-0.2, 0) is 14.3 Å². The fourth-order valence-corrected chi connectivity index (χ4v) is 1.63. The van der Waals surface area contributed by atoms with E-state index in [1.54, 1.807) is 0 Å². The molecule has 0 aromatic carbocycles. The molecule has 2 aliphatic rings. The van der Waals surface area contributed by atoms with Gasteiger partial charge in [-0.05, 0) is 32.1 Å². The summed E-state index contributed by atoms with van der Waals surface area (Å²) in [6.07, 6.45) is 9.12. The Morgan fingerprint density at radius 1 is 1.29 bits per heavy atom. The van der Waals surface area contributed by atoms with Crippen LogP contribution in [0.15, 0.2) is 12.2 Å². The van der Waals surface area contributed by atoms with Crippen molar-refractivity contribution in [3.63, 3.8) is 0 Å². The highest BCUT2D eigenvalue weighted by molar-refractivity contribution is 5.70. The summed E-state index contributed by atoms with van der Waals surface area (Å²) in [6, 6.07) is 0. The van der Waals surface area contributed by atoms with Crippen LogP contribution in [0.25, 0.3) is 0 Å². The van der Waals surface area contributed by atoms with Crippen LogP contribution in [0.3, 0.4) is 0 Å². The van der Waals surface area contributed by atoms with E-state index in [0.717, 1.165) is 0 Å². The Morgan fingerprint density at radius 2 is 1.94 bits per heavy atom. The number of allylic oxidation sites excluding steroid dienone is 2. The molecular formula is C12H18O5. The molecule has 5 nitrogen and oxygen atoms in total. The van der Waals surface area contributed by atoms with Crippen LogP contribution in [0.2, 0.25) is 0 Å². The van der Waals surface area contributed by atoms with Crippen LogP contribution >= 0.6 is 0 Å². The first kappa shape index (κ1) is 13.5. The quantitative estimate of drug-likeness (QED) is 0.565.